The van der Waals surface area contributed by atoms with Gasteiger partial charge in [-0.3, -0.25) is 0 Å². The van der Waals surface area contributed by atoms with Gasteiger partial charge >= 0.3 is 0 Å². The van der Waals surface area contributed by atoms with Gasteiger partial charge in [-0.15, -0.1) is 11.3 Å². The standard InChI is InChI=1S/C14H17BrN2S/c1-17(2)9-11-3-5-13(6-4-11)16-8-12-7-14(15)18-10-12/h3-7,10,16H,8-9H2,1-2H3. The molecule has 0 fully saturated rings. The maximum absolute atomic E-state index is 3.48. The maximum atomic E-state index is 3.48. The van der Waals surface area contributed by atoms with Crippen LogP contribution in [0.25, 0.3) is 0 Å². The zero-order valence-electron chi connectivity index (χ0n) is 10.6. The number of hydrogen-bond donors (Lipinski definition) is 1. The zero-order chi connectivity index (χ0) is 13.0. The second-order valence-corrected chi connectivity index (χ2v) is 6.84. The fraction of sp³-hybridized carbons (Fsp3) is 0.286. The predicted octanol–water partition coefficient (Wildman–Crippen LogP) is 4.18. The van der Waals surface area contributed by atoms with E-state index in [2.05, 4.69) is 76.0 Å². The van der Waals surface area contributed by atoms with Crippen LogP contribution in [0.15, 0.2) is 39.5 Å². The van der Waals surface area contributed by atoms with Crippen LogP contribution in [0.5, 0.6) is 0 Å². The summed E-state index contributed by atoms with van der Waals surface area (Å²) in [6, 6.07) is 10.8. The highest BCUT2D eigenvalue weighted by atomic mass is 79.9. The molecule has 1 heterocycles. The van der Waals surface area contributed by atoms with E-state index in [0.717, 1.165) is 13.1 Å². The Bertz CT molecular complexity index is 491. The third-order valence-electron chi connectivity index (χ3n) is 2.57. The second-order valence-electron chi connectivity index (χ2n) is 4.55. The van der Waals surface area contributed by atoms with Gasteiger partial charge in [0, 0.05) is 18.8 Å². The van der Waals surface area contributed by atoms with Crippen molar-refractivity contribution in [2.75, 3.05) is 19.4 Å². The fourth-order valence-electron chi connectivity index (χ4n) is 1.74. The molecule has 18 heavy (non-hydrogen) atoms. The van der Waals surface area contributed by atoms with Crippen LogP contribution in [0.2, 0.25) is 0 Å². The van der Waals surface area contributed by atoms with Gasteiger partial charge in [0.15, 0.2) is 0 Å². The lowest BCUT2D eigenvalue weighted by atomic mass is 10.2. The van der Waals surface area contributed by atoms with Crippen LogP contribution < -0.4 is 5.32 Å². The van der Waals surface area contributed by atoms with E-state index in [1.54, 1.807) is 11.3 Å². The summed E-state index contributed by atoms with van der Waals surface area (Å²) >= 11 is 5.20. The summed E-state index contributed by atoms with van der Waals surface area (Å²) in [5.41, 5.74) is 3.81. The van der Waals surface area contributed by atoms with Crippen LogP contribution in [0, 0.1) is 0 Å². The third kappa shape index (κ3) is 4.12. The number of halogens is 1. The first-order chi connectivity index (χ1) is 8.63. The Labute approximate surface area is 121 Å². The van der Waals surface area contributed by atoms with Crippen molar-refractivity contribution in [1.82, 2.24) is 4.90 Å². The molecule has 0 saturated heterocycles. The molecule has 0 amide bonds. The predicted molar refractivity (Wildman–Crippen MR) is 83.2 cm³/mol. The SMILES string of the molecule is CN(C)Cc1ccc(NCc2csc(Br)c2)cc1. The van der Waals surface area contributed by atoms with E-state index in [9.17, 15) is 0 Å². The Hall–Kier alpha value is -0.840. The Balaban J connectivity index is 1.90. The highest BCUT2D eigenvalue weighted by molar-refractivity contribution is 9.11. The Morgan fingerprint density at radius 1 is 1.17 bits per heavy atom. The molecule has 2 aromatic rings. The van der Waals surface area contributed by atoms with Gasteiger partial charge in [-0.05, 0) is 64.7 Å². The lowest BCUT2D eigenvalue weighted by Crippen LogP contribution is -2.10. The van der Waals surface area contributed by atoms with Crippen molar-refractivity contribution < 1.29 is 0 Å². The molecule has 4 heteroatoms. The van der Waals surface area contributed by atoms with E-state index < -0.39 is 0 Å². The lowest BCUT2D eigenvalue weighted by Gasteiger charge is -2.10. The summed E-state index contributed by atoms with van der Waals surface area (Å²) < 4.78 is 1.18. The molecule has 1 aromatic heterocycles. The van der Waals surface area contributed by atoms with E-state index in [0.29, 0.717) is 0 Å². The van der Waals surface area contributed by atoms with Gasteiger partial charge in [0.1, 0.15) is 0 Å². The number of nitrogens with one attached hydrogen (secondary N) is 1. The van der Waals surface area contributed by atoms with E-state index in [4.69, 9.17) is 0 Å². The van der Waals surface area contributed by atoms with Gasteiger partial charge in [0.2, 0.25) is 0 Å². The monoisotopic (exact) mass is 324 g/mol. The Morgan fingerprint density at radius 3 is 2.44 bits per heavy atom. The quantitative estimate of drug-likeness (QED) is 0.887. The minimum Gasteiger partial charge on any atom is -0.381 e. The second kappa shape index (κ2) is 6.36. The maximum Gasteiger partial charge on any atom is 0.0701 e. The van der Waals surface area contributed by atoms with E-state index in [-0.39, 0.29) is 0 Å². The first-order valence-electron chi connectivity index (χ1n) is 5.84. The topological polar surface area (TPSA) is 15.3 Å². The van der Waals surface area contributed by atoms with Crippen molar-refractivity contribution in [1.29, 1.82) is 0 Å². The zero-order valence-corrected chi connectivity index (χ0v) is 13.0. The summed E-state index contributed by atoms with van der Waals surface area (Å²) in [5, 5.41) is 5.59. The van der Waals surface area contributed by atoms with Crippen LogP contribution in [0.3, 0.4) is 0 Å². The molecule has 0 aliphatic carbocycles. The van der Waals surface area contributed by atoms with Gasteiger partial charge in [-0.25, -0.2) is 0 Å². The van der Waals surface area contributed by atoms with Crippen molar-refractivity contribution in [3.8, 4) is 0 Å². The van der Waals surface area contributed by atoms with Crippen LogP contribution in [-0.2, 0) is 13.1 Å². The third-order valence-corrected chi connectivity index (χ3v) is 4.12. The number of rotatable bonds is 5. The number of thiophene rings is 1. The summed E-state index contributed by atoms with van der Waals surface area (Å²) in [6.07, 6.45) is 0. The molecule has 0 aliphatic heterocycles. The molecule has 0 bridgehead atoms. The summed E-state index contributed by atoms with van der Waals surface area (Å²) in [6.45, 7) is 1.85. The molecule has 1 N–H and O–H groups in total. The Morgan fingerprint density at radius 2 is 1.89 bits per heavy atom. The van der Waals surface area contributed by atoms with Crippen LogP contribution >= 0.6 is 27.3 Å². The van der Waals surface area contributed by atoms with E-state index in [1.165, 1.54) is 20.6 Å². The van der Waals surface area contributed by atoms with Crippen LogP contribution in [0.4, 0.5) is 5.69 Å². The molecule has 0 radical (unpaired) electrons. The largest absolute Gasteiger partial charge is 0.381 e. The first kappa shape index (κ1) is 13.6. The minimum atomic E-state index is 0.870. The molecule has 0 saturated carbocycles. The van der Waals surface area contributed by atoms with Crippen LogP contribution in [0.1, 0.15) is 11.1 Å². The fourth-order valence-corrected chi connectivity index (χ4v) is 2.94. The average Bonchev–Trinajstić information content (AvgIpc) is 2.74. The van der Waals surface area contributed by atoms with Gasteiger partial charge < -0.3 is 10.2 Å². The molecule has 0 spiro atoms. The molecule has 2 rings (SSSR count). The highest BCUT2D eigenvalue weighted by Gasteiger charge is 1.99. The molecule has 1 aromatic carbocycles. The van der Waals surface area contributed by atoms with Gasteiger partial charge in [-0.2, -0.15) is 0 Å². The average molecular weight is 325 g/mol. The van der Waals surface area contributed by atoms with Crippen molar-refractivity contribution in [3.05, 3.63) is 50.6 Å². The van der Waals surface area contributed by atoms with Crippen LogP contribution in [-0.4, -0.2) is 19.0 Å². The molecule has 2 nitrogen and oxygen atoms in total. The van der Waals surface area contributed by atoms with Crippen molar-refractivity contribution >= 4 is 33.0 Å². The number of benzene rings is 1. The summed E-state index contributed by atoms with van der Waals surface area (Å²) in [7, 11) is 4.17. The van der Waals surface area contributed by atoms with Crippen molar-refractivity contribution in [3.63, 3.8) is 0 Å². The molecule has 0 atom stereocenters. The minimum absolute atomic E-state index is 0.870. The normalized spacial score (nSPS) is 10.9. The van der Waals surface area contributed by atoms with Crippen molar-refractivity contribution in [2.45, 2.75) is 13.1 Å². The van der Waals surface area contributed by atoms with E-state index in [1.807, 2.05) is 0 Å². The van der Waals surface area contributed by atoms with E-state index >= 15 is 0 Å². The van der Waals surface area contributed by atoms with Crippen molar-refractivity contribution in [2.24, 2.45) is 0 Å². The van der Waals surface area contributed by atoms with Gasteiger partial charge in [0.25, 0.3) is 0 Å². The first-order valence-corrected chi connectivity index (χ1v) is 7.51. The Kier molecular flexibility index (Phi) is 4.80. The molecular weight excluding hydrogens is 308 g/mol. The molecule has 0 aliphatic rings. The number of anilines is 1. The summed E-state index contributed by atoms with van der Waals surface area (Å²) in [4.78, 5) is 2.17. The van der Waals surface area contributed by atoms with Gasteiger partial charge in [-0.1, -0.05) is 12.1 Å². The molecule has 96 valence electrons. The molecular formula is C14H17BrN2S. The summed E-state index contributed by atoms with van der Waals surface area (Å²) in [5.74, 6) is 0. The molecule has 0 unspecified atom stereocenters. The number of hydrogen-bond acceptors (Lipinski definition) is 3. The number of nitrogens with zero attached hydrogens (tertiary/aromatic N) is 1. The van der Waals surface area contributed by atoms with Gasteiger partial charge in [0.05, 0.1) is 3.79 Å². The lowest BCUT2D eigenvalue weighted by molar-refractivity contribution is 0.402. The smallest absolute Gasteiger partial charge is 0.0701 e. The highest BCUT2D eigenvalue weighted by Crippen LogP contribution is 2.21.